The van der Waals surface area contributed by atoms with Crippen molar-refractivity contribution in [3.05, 3.63) is 23.7 Å². The monoisotopic (exact) mass is 294 g/mol. The zero-order chi connectivity index (χ0) is 15.0. The molecule has 0 aliphatic carbocycles. The summed E-state index contributed by atoms with van der Waals surface area (Å²) in [4.78, 5) is 36.6. The molecule has 0 unspecified atom stereocenters. The summed E-state index contributed by atoms with van der Waals surface area (Å²) in [5.41, 5.74) is -0.627. The molecule has 3 heterocycles. The van der Waals surface area contributed by atoms with E-state index in [0.717, 1.165) is 4.90 Å². The number of nitrogens with one attached hydrogen (secondary N) is 1. The molecule has 2 aliphatic heterocycles. The molecule has 3 rings (SSSR count). The second-order valence-corrected chi connectivity index (χ2v) is 5.10. The van der Waals surface area contributed by atoms with Crippen molar-refractivity contribution >= 4 is 17.9 Å². The van der Waals surface area contributed by atoms with Gasteiger partial charge in [-0.2, -0.15) is 0 Å². The van der Waals surface area contributed by atoms with Crippen LogP contribution in [0.4, 0.5) is 4.79 Å². The number of furan rings is 1. The second kappa shape index (κ2) is 4.88. The Labute approximate surface area is 119 Å². The number of carbonyl (C=O) groups excluding carboxylic acids is 2. The summed E-state index contributed by atoms with van der Waals surface area (Å²) in [7, 11) is 0. The van der Waals surface area contributed by atoms with Crippen LogP contribution in [0.3, 0.4) is 0 Å². The molecule has 0 radical (unpaired) electrons. The summed E-state index contributed by atoms with van der Waals surface area (Å²) >= 11 is 0. The first-order valence-corrected chi connectivity index (χ1v) is 6.55. The number of rotatable bonds is 3. The summed E-state index contributed by atoms with van der Waals surface area (Å²) in [6, 6.07) is 0.929. The number of imide groups is 1. The molecule has 2 saturated heterocycles. The van der Waals surface area contributed by atoms with Crippen LogP contribution in [0.15, 0.2) is 16.7 Å². The number of carbonyl (C=O) groups is 3. The van der Waals surface area contributed by atoms with Crippen molar-refractivity contribution in [3.63, 3.8) is 0 Å². The molecule has 0 atom stereocenters. The maximum absolute atomic E-state index is 12.5. The van der Waals surface area contributed by atoms with Gasteiger partial charge in [0.1, 0.15) is 5.54 Å². The molecule has 1 aromatic rings. The second-order valence-electron chi connectivity index (χ2n) is 5.10. The first-order valence-electron chi connectivity index (χ1n) is 6.55. The molecule has 2 N–H and O–H groups in total. The zero-order valence-electron chi connectivity index (χ0n) is 11.1. The summed E-state index contributed by atoms with van der Waals surface area (Å²) in [6.45, 7) is 0.698. The Morgan fingerprint density at radius 3 is 2.76 bits per heavy atom. The maximum Gasteiger partial charge on any atom is 0.372 e. The molecule has 21 heavy (non-hydrogen) atoms. The summed E-state index contributed by atoms with van der Waals surface area (Å²) < 4.78 is 10.1. The van der Waals surface area contributed by atoms with Gasteiger partial charge in [0.25, 0.3) is 5.91 Å². The van der Waals surface area contributed by atoms with Gasteiger partial charge in [-0.1, -0.05) is 0 Å². The van der Waals surface area contributed by atoms with Gasteiger partial charge < -0.3 is 19.6 Å². The van der Waals surface area contributed by atoms with Crippen LogP contribution >= 0.6 is 0 Å². The maximum atomic E-state index is 12.5. The Morgan fingerprint density at radius 2 is 2.10 bits per heavy atom. The average molecular weight is 294 g/mol. The van der Waals surface area contributed by atoms with Gasteiger partial charge in [0.15, 0.2) is 0 Å². The van der Waals surface area contributed by atoms with Crippen LogP contribution in [-0.2, 0) is 16.1 Å². The van der Waals surface area contributed by atoms with E-state index >= 15 is 0 Å². The molecule has 2 fully saturated rings. The van der Waals surface area contributed by atoms with Crippen molar-refractivity contribution in [2.24, 2.45) is 0 Å². The lowest BCUT2D eigenvalue weighted by atomic mass is 9.90. The van der Waals surface area contributed by atoms with Crippen molar-refractivity contribution in [3.8, 4) is 0 Å². The predicted octanol–water partition coefficient (Wildman–Crippen LogP) is 0.579. The number of carboxylic acids is 1. The third kappa shape index (κ3) is 2.17. The first-order chi connectivity index (χ1) is 10.0. The lowest BCUT2D eigenvalue weighted by molar-refractivity contribution is -0.134. The van der Waals surface area contributed by atoms with Gasteiger partial charge in [-0.05, 0) is 6.07 Å². The highest BCUT2D eigenvalue weighted by atomic mass is 16.5. The molecule has 1 spiro atoms. The lowest BCUT2D eigenvalue weighted by Crippen LogP contribution is -2.51. The van der Waals surface area contributed by atoms with Crippen molar-refractivity contribution in [2.75, 3.05) is 13.2 Å². The SMILES string of the molecule is O=C(O)c1occc1CN1C(=O)NC2(CCOCC2)C1=O. The van der Waals surface area contributed by atoms with E-state index in [1.165, 1.54) is 12.3 Å². The Morgan fingerprint density at radius 1 is 1.38 bits per heavy atom. The van der Waals surface area contributed by atoms with Gasteiger partial charge >= 0.3 is 12.0 Å². The van der Waals surface area contributed by atoms with E-state index in [-0.39, 0.29) is 23.8 Å². The van der Waals surface area contributed by atoms with E-state index < -0.39 is 17.5 Å². The number of amides is 3. The fourth-order valence-corrected chi connectivity index (χ4v) is 2.70. The Kier molecular flexibility index (Phi) is 3.17. The average Bonchev–Trinajstić information content (AvgIpc) is 3.00. The Balaban J connectivity index is 1.82. The van der Waals surface area contributed by atoms with E-state index in [0.29, 0.717) is 26.1 Å². The first kappa shape index (κ1) is 13.6. The molecule has 112 valence electrons. The van der Waals surface area contributed by atoms with Crippen molar-refractivity contribution in [2.45, 2.75) is 24.9 Å². The number of hydrogen-bond donors (Lipinski definition) is 2. The quantitative estimate of drug-likeness (QED) is 0.789. The molecule has 2 aliphatic rings. The number of carboxylic acid groups (broad SMARTS) is 1. The Hall–Kier alpha value is -2.35. The highest BCUT2D eigenvalue weighted by Gasteiger charge is 2.51. The van der Waals surface area contributed by atoms with E-state index in [4.69, 9.17) is 14.3 Å². The van der Waals surface area contributed by atoms with Crippen LogP contribution in [0.2, 0.25) is 0 Å². The topological polar surface area (TPSA) is 109 Å². The highest BCUT2D eigenvalue weighted by Crippen LogP contribution is 2.29. The number of urea groups is 1. The van der Waals surface area contributed by atoms with Crippen LogP contribution in [0, 0.1) is 0 Å². The minimum absolute atomic E-state index is 0.120. The van der Waals surface area contributed by atoms with E-state index in [9.17, 15) is 14.4 Å². The molecular weight excluding hydrogens is 280 g/mol. The number of ether oxygens (including phenoxy) is 1. The lowest BCUT2D eigenvalue weighted by Gasteiger charge is -2.30. The Bertz CT molecular complexity index is 602. The minimum atomic E-state index is -1.23. The molecular formula is C13H14N2O6. The fraction of sp³-hybridized carbons (Fsp3) is 0.462. The zero-order valence-corrected chi connectivity index (χ0v) is 11.1. The third-order valence-electron chi connectivity index (χ3n) is 3.86. The van der Waals surface area contributed by atoms with Crippen LogP contribution < -0.4 is 5.32 Å². The van der Waals surface area contributed by atoms with Crippen molar-refractivity contribution in [1.82, 2.24) is 10.2 Å². The smallest absolute Gasteiger partial charge is 0.372 e. The predicted molar refractivity (Wildman–Crippen MR) is 67.5 cm³/mol. The van der Waals surface area contributed by atoms with Gasteiger partial charge in [0, 0.05) is 31.6 Å². The van der Waals surface area contributed by atoms with Crippen LogP contribution in [0.5, 0.6) is 0 Å². The molecule has 1 aromatic heterocycles. The molecule has 8 heteroatoms. The van der Waals surface area contributed by atoms with Crippen LogP contribution in [-0.4, -0.2) is 46.7 Å². The number of nitrogens with zero attached hydrogens (tertiary/aromatic N) is 1. The summed E-state index contributed by atoms with van der Waals surface area (Å²) in [5, 5.41) is 11.7. The van der Waals surface area contributed by atoms with E-state index in [1.807, 2.05) is 0 Å². The van der Waals surface area contributed by atoms with Gasteiger partial charge in [-0.3, -0.25) is 9.69 Å². The van der Waals surface area contributed by atoms with Gasteiger partial charge in [-0.15, -0.1) is 0 Å². The molecule has 0 saturated carbocycles. The summed E-state index contributed by atoms with van der Waals surface area (Å²) in [5.74, 6) is -1.83. The third-order valence-corrected chi connectivity index (χ3v) is 3.86. The molecule has 0 bridgehead atoms. The normalized spacial score (nSPS) is 20.9. The highest BCUT2D eigenvalue weighted by molar-refractivity contribution is 6.07. The van der Waals surface area contributed by atoms with E-state index in [1.54, 1.807) is 0 Å². The standard InChI is InChI=1S/C13H14N2O6/c16-10(17)9-8(1-4-21-9)7-15-11(18)13(14-12(15)19)2-5-20-6-3-13/h1,4H,2-3,5-7H2,(H,14,19)(H,16,17). The number of aromatic carboxylic acids is 1. The van der Waals surface area contributed by atoms with Crippen molar-refractivity contribution in [1.29, 1.82) is 0 Å². The summed E-state index contributed by atoms with van der Waals surface area (Å²) in [6.07, 6.45) is 2.07. The van der Waals surface area contributed by atoms with Crippen LogP contribution in [0.25, 0.3) is 0 Å². The van der Waals surface area contributed by atoms with E-state index in [2.05, 4.69) is 5.32 Å². The largest absolute Gasteiger partial charge is 0.475 e. The fourth-order valence-electron chi connectivity index (χ4n) is 2.70. The molecule has 0 aromatic carbocycles. The molecule has 3 amide bonds. The minimum Gasteiger partial charge on any atom is -0.475 e. The number of hydrogen-bond acceptors (Lipinski definition) is 5. The van der Waals surface area contributed by atoms with Crippen LogP contribution in [0.1, 0.15) is 29.0 Å². The molecule has 8 nitrogen and oxygen atoms in total. The van der Waals surface area contributed by atoms with Crippen molar-refractivity contribution < 1.29 is 28.6 Å². The van der Waals surface area contributed by atoms with Gasteiger partial charge in [0.2, 0.25) is 5.76 Å². The van der Waals surface area contributed by atoms with Gasteiger partial charge in [-0.25, -0.2) is 9.59 Å². The van der Waals surface area contributed by atoms with Gasteiger partial charge in [0.05, 0.1) is 12.8 Å².